The summed E-state index contributed by atoms with van der Waals surface area (Å²) in [5.41, 5.74) is 1.18. The number of pyridine rings is 1. The molecule has 15 heavy (non-hydrogen) atoms. The van der Waals surface area contributed by atoms with E-state index < -0.39 is 0 Å². The van der Waals surface area contributed by atoms with Crippen LogP contribution in [0.3, 0.4) is 0 Å². The molecule has 0 saturated carbocycles. The molecule has 0 aliphatic rings. The van der Waals surface area contributed by atoms with Gasteiger partial charge < -0.3 is 10.3 Å². The first kappa shape index (κ1) is 10.2. The summed E-state index contributed by atoms with van der Waals surface area (Å²) in [4.78, 5) is 11.5. The second-order valence-corrected chi connectivity index (χ2v) is 3.97. The molecule has 2 aromatic heterocycles. The van der Waals surface area contributed by atoms with Crippen LogP contribution >= 0.6 is 11.8 Å². The standard InChI is InChI=1S/C10H12N4S/c1-11-7-8-3-2-4-12-9(8)15-10-13-5-6-14-10/h2-6,11H,7H2,1H3,(H,13,14). The molecule has 0 bridgehead atoms. The van der Waals surface area contributed by atoms with Gasteiger partial charge in [-0.15, -0.1) is 0 Å². The van der Waals surface area contributed by atoms with Crippen molar-refractivity contribution in [3.63, 3.8) is 0 Å². The number of aromatic amines is 1. The fourth-order valence-electron chi connectivity index (χ4n) is 1.24. The minimum atomic E-state index is 0.816. The zero-order valence-electron chi connectivity index (χ0n) is 8.40. The van der Waals surface area contributed by atoms with Crippen LogP contribution in [0, 0.1) is 0 Å². The number of hydrogen-bond acceptors (Lipinski definition) is 4. The van der Waals surface area contributed by atoms with Crippen LogP contribution in [0.5, 0.6) is 0 Å². The first-order chi connectivity index (χ1) is 7.40. The Morgan fingerprint density at radius 1 is 1.40 bits per heavy atom. The molecule has 2 aromatic rings. The van der Waals surface area contributed by atoms with Crippen molar-refractivity contribution in [1.29, 1.82) is 0 Å². The fraction of sp³-hybridized carbons (Fsp3) is 0.200. The highest BCUT2D eigenvalue weighted by Gasteiger charge is 2.05. The first-order valence-corrected chi connectivity index (χ1v) is 5.47. The van der Waals surface area contributed by atoms with Crippen molar-refractivity contribution in [2.24, 2.45) is 0 Å². The minimum Gasteiger partial charge on any atom is -0.339 e. The highest BCUT2D eigenvalue weighted by Crippen LogP contribution is 2.25. The van der Waals surface area contributed by atoms with Gasteiger partial charge in [-0.1, -0.05) is 6.07 Å². The van der Waals surface area contributed by atoms with Gasteiger partial charge in [-0.2, -0.15) is 0 Å². The summed E-state index contributed by atoms with van der Waals surface area (Å²) in [5, 5.41) is 4.97. The van der Waals surface area contributed by atoms with Gasteiger partial charge in [0.2, 0.25) is 0 Å². The van der Waals surface area contributed by atoms with Crippen molar-refractivity contribution in [3.05, 3.63) is 36.3 Å². The number of imidazole rings is 1. The van der Waals surface area contributed by atoms with Gasteiger partial charge >= 0.3 is 0 Å². The molecule has 0 atom stereocenters. The quantitative estimate of drug-likeness (QED) is 0.823. The molecule has 2 rings (SSSR count). The van der Waals surface area contributed by atoms with Crippen molar-refractivity contribution in [3.8, 4) is 0 Å². The number of aromatic nitrogens is 3. The first-order valence-electron chi connectivity index (χ1n) is 4.66. The Hall–Kier alpha value is -1.33. The van der Waals surface area contributed by atoms with E-state index in [1.165, 1.54) is 5.56 Å². The van der Waals surface area contributed by atoms with E-state index in [2.05, 4.69) is 26.3 Å². The van der Waals surface area contributed by atoms with Crippen LogP contribution in [-0.2, 0) is 6.54 Å². The van der Waals surface area contributed by atoms with Crippen LogP contribution in [0.1, 0.15) is 5.56 Å². The lowest BCUT2D eigenvalue weighted by molar-refractivity contribution is 0.789. The molecule has 2 N–H and O–H groups in total. The molecule has 4 nitrogen and oxygen atoms in total. The second kappa shape index (κ2) is 4.95. The van der Waals surface area contributed by atoms with Gasteiger partial charge in [0.15, 0.2) is 5.16 Å². The monoisotopic (exact) mass is 220 g/mol. The summed E-state index contributed by atoms with van der Waals surface area (Å²) in [5.74, 6) is 0. The molecular weight excluding hydrogens is 208 g/mol. The van der Waals surface area contributed by atoms with Gasteiger partial charge in [0.1, 0.15) is 5.03 Å². The molecule has 0 spiro atoms. The number of nitrogens with zero attached hydrogens (tertiary/aromatic N) is 2. The van der Waals surface area contributed by atoms with Gasteiger partial charge in [0.25, 0.3) is 0 Å². The normalized spacial score (nSPS) is 10.5. The summed E-state index contributed by atoms with van der Waals surface area (Å²) in [6.45, 7) is 0.816. The van der Waals surface area contributed by atoms with Crippen LogP contribution in [0.25, 0.3) is 0 Å². The average Bonchev–Trinajstić information content (AvgIpc) is 2.74. The predicted octanol–water partition coefficient (Wildman–Crippen LogP) is 1.68. The molecule has 0 aliphatic carbocycles. The number of rotatable bonds is 4. The largest absolute Gasteiger partial charge is 0.339 e. The van der Waals surface area contributed by atoms with E-state index in [0.29, 0.717) is 0 Å². The van der Waals surface area contributed by atoms with Crippen molar-refractivity contribution in [2.45, 2.75) is 16.7 Å². The summed E-state index contributed by atoms with van der Waals surface area (Å²) in [6, 6.07) is 4.01. The Kier molecular flexibility index (Phi) is 3.37. The number of H-pyrrole nitrogens is 1. The lowest BCUT2D eigenvalue weighted by Gasteiger charge is -2.05. The van der Waals surface area contributed by atoms with Gasteiger partial charge in [0.05, 0.1) is 0 Å². The molecule has 0 aliphatic heterocycles. The Balaban J connectivity index is 2.20. The predicted molar refractivity (Wildman–Crippen MR) is 59.7 cm³/mol. The van der Waals surface area contributed by atoms with E-state index in [1.807, 2.05) is 19.3 Å². The van der Waals surface area contributed by atoms with Crippen LogP contribution in [0.15, 0.2) is 40.9 Å². The lowest BCUT2D eigenvalue weighted by Crippen LogP contribution is -2.06. The highest BCUT2D eigenvalue weighted by atomic mass is 32.2. The molecule has 5 heteroatoms. The summed E-state index contributed by atoms with van der Waals surface area (Å²) in [7, 11) is 1.92. The Morgan fingerprint density at radius 2 is 2.33 bits per heavy atom. The maximum Gasteiger partial charge on any atom is 0.171 e. The van der Waals surface area contributed by atoms with Crippen LogP contribution < -0.4 is 5.32 Å². The van der Waals surface area contributed by atoms with Gasteiger partial charge in [-0.25, -0.2) is 9.97 Å². The molecule has 0 radical (unpaired) electrons. The smallest absolute Gasteiger partial charge is 0.171 e. The SMILES string of the molecule is CNCc1cccnc1Sc1ncc[nH]1. The van der Waals surface area contributed by atoms with E-state index in [1.54, 1.807) is 24.2 Å². The van der Waals surface area contributed by atoms with Gasteiger partial charge in [-0.3, -0.25) is 0 Å². The zero-order valence-corrected chi connectivity index (χ0v) is 9.21. The summed E-state index contributed by atoms with van der Waals surface area (Å²) < 4.78 is 0. The molecule has 0 amide bonds. The molecule has 0 saturated heterocycles. The van der Waals surface area contributed by atoms with Crippen LogP contribution in [-0.4, -0.2) is 22.0 Å². The van der Waals surface area contributed by atoms with Crippen LogP contribution in [0.2, 0.25) is 0 Å². The highest BCUT2D eigenvalue weighted by molar-refractivity contribution is 7.99. The topological polar surface area (TPSA) is 53.6 Å². The molecule has 0 aromatic carbocycles. The van der Waals surface area contributed by atoms with E-state index in [0.717, 1.165) is 16.7 Å². The van der Waals surface area contributed by atoms with Gasteiger partial charge in [0, 0.05) is 25.1 Å². The van der Waals surface area contributed by atoms with E-state index in [9.17, 15) is 0 Å². The molecular formula is C10H12N4S. The maximum absolute atomic E-state index is 4.34. The maximum atomic E-state index is 4.34. The van der Waals surface area contributed by atoms with Crippen LogP contribution in [0.4, 0.5) is 0 Å². The third-order valence-corrected chi connectivity index (χ3v) is 2.86. The second-order valence-electron chi connectivity index (χ2n) is 2.99. The van der Waals surface area contributed by atoms with Gasteiger partial charge in [-0.05, 0) is 30.4 Å². The van der Waals surface area contributed by atoms with Crippen molar-refractivity contribution >= 4 is 11.8 Å². The zero-order chi connectivity index (χ0) is 10.5. The van der Waals surface area contributed by atoms with E-state index in [4.69, 9.17) is 0 Å². The van der Waals surface area contributed by atoms with E-state index in [-0.39, 0.29) is 0 Å². The molecule has 78 valence electrons. The van der Waals surface area contributed by atoms with Crippen molar-refractivity contribution in [2.75, 3.05) is 7.05 Å². The van der Waals surface area contributed by atoms with E-state index >= 15 is 0 Å². The van der Waals surface area contributed by atoms with Crippen molar-refractivity contribution < 1.29 is 0 Å². The number of nitrogens with one attached hydrogen (secondary N) is 2. The Labute approximate surface area is 92.5 Å². The number of hydrogen-bond donors (Lipinski definition) is 2. The van der Waals surface area contributed by atoms with Crippen molar-refractivity contribution in [1.82, 2.24) is 20.3 Å². The lowest BCUT2D eigenvalue weighted by atomic mass is 10.3. The molecule has 0 fully saturated rings. The fourth-order valence-corrected chi connectivity index (χ4v) is 2.05. The minimum absolute atomic E-state index is 0.816. The third kappa shape index (κ3) is 2.57. The average molecular weight is 220 g/mol. The summed E-state index contributed by atoms with van der Waals surface area (Å²) >= 11 is 1.54. The Bertz CT molecular complexity index is 413. The summed E-state index contributed by atoms with van der Waals surface area (Å²) in [6.07, 6.45) is 5.34. The third-order valence-electron chi connectivity index (χ3n) is 1.88. The Morgan fingerprint density at radius 3 is 3.07 bits per heavy atom. The molecule has 0 unspecified atom stereocenters. The molecule has 2 heterocycles.